The van der Waals surface area contributed by atoms with E-state index in [9.17, 15) is 14.7 Å². The van der Waals surface area contributed by atoms with E-state index in [1.807, 2.05) is 0 Å². The van der Waals surface area contributed by atoms with Crippen molar-refractivity contribution in [2.24, 2.45) is 28.6 Å². The van der Waals surface area contributed by atoms with Crippen molar-refractivity contribution in [1.82, 2.24) is 0 Å². The van der Waals surface area contributed by atoms with Crippen LogP contribution < -0.4 is 0 Å². The van der Waals surface area contributed by atoms with Crippen LogP contribution in [-0.4, -0.2) is 36.4 Å². The Hall–Kier alpha value is -1.10. The molecule has 3 fully saturated rings. The quantitative estimate of drug-likeness (QED) is 0.789. The average Bonchev–Trinajstić information content (AvgIpc) is 2.80. The second-order valence-electron chi connectivity index (χ2n) is 7.78. The summed E-state index contributed by atoms with van der Waals surface area (Å²) < 4.78 is 10.7. The maximum atomic E-state index is 12.9. The summed E-state index contributed by atoms with van der Waals surface area (Å²) in [6, 6.07) is 0. The van der Waals surface area contributed by atoms with Crippen molar-refractivity contribution >= 4 is 11.9 Å². The zero-order chi connectivity index (χ0) is 16.1. The predicted molar refractivity (Wildman–Crippen MR) is 78.8 cm³/mol. The highest BCUT2D eigenvalue weighted by Gasteiger charge is 2.66. The predicted octanol–water partition coefficient (Wildman–Crippen LogP) is 1.92. The van der Waals surface area contributed by atoms with Crippen LogP contribution in [0.5, 0.6) is 0 Å². The largest absolute Gasteiger partial charge is 0.466 e. The molecule has 5 nitrogen and oxygen atoms in total. The number of esters is 2. The number of aliphatic hydroxyl groups excluding tert-OH is 1. The fourth-order valence-corrected chi connectivity index (χ4v) is 5.48. The lowest BCUT2D eigenvalue weighted by atomic mass is 9.45. The summed E-state index contributed by atoms with van der Waals surface area (Å²) in [4.78, 5) is 24.9. The summed E-state index contributed by atoms with van der Waals surface area (Å²) in [5, 5.41) is 10.4. The number of rotatable bonds is 2. The van der Waals surface area contributed by atoms with Crippen molar-refractivity contribution in [3.63, 3.8) is 0 Å². The standard InChI is InChI=1S/C17H26O5/c1-4-21-15(20)17-8-10(18)7-16(2,3)13(17)6-5-11-12(17)9-22-14(11)19/h10-13,18H,4-9H2,1-3H3/t10?,11?,12?,13?,17-/m0/s1. The van der Waals surface area contributed by atoms with Crippen LogP contribution in [0.25, 0.3) is 0 Å². The van der Waals surface area contributed by atoms with E-state index in [0.29, 0.717) is 19.4 Å². The third kappa shape index (κ3) is 2.08. The molecule has 22 heavy (non-hydrogen) atoms. The van der Waals surface area contributed by atoms with Crippen LogP contribution in [0.4, 0.5) is 0 Å². The van der Waals surface area contributed by atoms with Gasteiger partial charge < -0.3 is 14.6 Å². The van der Waals surface area contributed by atoms with Gasteiger partial charge in [0.25, 0.3) is 0 Å². The van der Waals surface area contributed by atoms with Gasteiger partial charge in [0.15, 0.2) is 0 Å². The number of fused-ring (bicyclic) bond motifs is 3. The van der Waals surface area contributed by atoms with E-state index in [1.165, 1.54) is 0 Å². The van der Waals surface area contributed by atoms with Crippen molar-refractivity contribution in [2.75, 3.05) is 13.2 Å². The van der Waals surface area contributed by atoms with Gasteiger partial charge in [-0.2, -0.15) is 0 Å². The summed E-state index contributed by atoms with van der Waals surface area (Å²) >= 11 is 0. The van der Waals surface area contributed by atoms with E-state index in [0.717, 1.165) is 12.8 Å². The number of hydrogen-bond donors (Lipinski definition) is 1. The molecule has 3 rings (SSSR count). The van der Waals surface area contributed by atoms with E-state index in [-0.39, 0.29) is 41.7 Å². The van der Waals surface area contributed by atoms with Crippen LogP contribution in [-0.2, 0) is 19.1 Å². The molecule has 5 heteroatoms. The number of carbonyl (C=O) groups is 2. The fraction of sp³-hybridized carbons (Fsp3) is 0.882. The molecular weight excluding hydrogens is 284 g/mol. The minimum Gasteiger partial charge on any atom is -0.466 e. The van der Waals surface area contributed by atoms with Gasteiger partial charge in [0.2, 0.25) is 0 Å². The third-order valence-electron chi connectivity index (χ3n) is 6.18. The zero-order valence-corrected chi connectivity index (χ0v) is 13.6. The minimum atomic E-state index is -0.785. The lowest BCUT2D eigenvalue weighted by molar-refractivity contribution is -0.192. The van der Waals surface area contributed by atoms with Crippen molar-refractivity contribution in [2.45, 2.75) is 52.6 Å². The summed E-state index contributed by atoms with van der Waals surface area (Å²) in [5.74, 6) is -0.697. The molecule has 0 aromatic carbocycles. The van der Waals surface area contributed by atoms with E-state index in [4.69, 9.17) is 9.47 Å². The summed E-state index contributed by atoms with van der Waals surface area (Å²) in [5.41, 5.74) is -0.937. The Balaban J connectivity index is 2.07. The molecule has 3 aliphatic rings. The zero-order valence-electron chi connectivity index (χ0n) is 13.6. The Morgan fingerprint density at radius 3 is 2.77 bits per heavy atom. The van der Waals surface area contributed by atoms with Gasteiger partial charge in [0, 0.05) is 5.92 Å². The fourth-order valence-electron chi connectivity index (χ4n) is 5.48. The highest BCUT2D eigenvalue weighted by molar-refractivity contribution is 5.82. The molecule has 1 saturated heterocycles. The van der Waals surface area contributed by atoms with Crippen molar-refractivity contribution in [1.29, 1.82) is 0 Å². The number of aliphatic hydroxyl groups is 1. The molecular formula is C17H26O5. The van der Waals surface area contributed by atoms with Gasteiger partial charge in [0.1, 0.15) is 0 Å². The SMILES string of the molecule is CCOC(=O)[C@]12CC(O)CC(C)(C)C1CCC1C(=O)OCC12. The molecule has 0 amide bonds. The van der Waals surface area contributed by atoms with Crippen LogP contribution in [0.15, 0.2) is 0 Å². The molecule has 2 saturated carbocycles. The third-order valence-corrected chi connectivity index (χ3v) is 6.18. The maximum absolute atomic E-state index is 12.9. The second-order valence-corrected chi connectivity index (χ2v) is 7.78. The monoisotopic (exact) mass is 310 g/mol. The van der Waals surface area contributed by atoms with Crippen LogP contribution in [0.1, 0.15) is 46.5 Å². The highest BCUT2D eigenvalue weighted by atomic mass is 16.5. The summed E-state index contributed by atoms with van der Waals surface area (Å²) in [7, 11) is 0. The first-order valence-electron chi connectivity index (χ1n) is 8.35. The topological polar surface area (TPSA) is 72.8 Å². The minimum absolute atomic E-state index is 0.123. The molecule has 0 radical (unpaired) electrons. The Morgan fingerprint density at radius 2 is 2.09 bits per heavy atom. The van der Waals surface area contributed by atoms with E-state index in [2.05, 4.69) is 13.8 Å². The molecule has 0 spiro atoms. The molecule has 124 valence electrons. The number of cyclic esters (lactones) is 1. The molecule has 0 aromatic rings. The van der Waals surface area contributed by atoms with E-state index in [1.54, 1.807) is 6.92 Å². The van der Waals surface area contributed by atoms with Crippen LogP contribution in [0, 0.1) is 28.6 Å². The van der Waals surface area contributed by atoms with Gasteiger partial charge in [-0.3, -0.25) is 9.59 Å². The van der Waals surface area contributed by atoms with Gasteiger partial charge in [-0.15, -0.1) is 0 Å². The lowest BCUT2D eigenvalue weighted by Crippen LogP contribution is -2.60. The van der Waals surface area contributed by atoms with Gasteiger partial charge in [0.05, 0.1) is 30.7 Å². The van der Waals surface area contributed by atoms with Crippen LogP contribution in [0.3, 0.4) is 0 Å². The van der Waals surface area contributed by atoms with Gasteiger partial charge in [-0.05, 0) is 43.9 Å². The second kappa shape index (κ2) is 5.22. The van der Waals surface area contributed by atoms with Crippen LogP contribution >= 0.6 is 0 Å². The van der Waals surface area contributed by atoms with Gasteiger partial charge >= 0.3 is 11.9 Å². The van der Waals surface area contributed by atoms with Crippen LogP contribution in [0.2, 0.25) is 0 Å². The maximum Gasteiger partial charge on any atom is 0.312 e. The molecule has 2 aliphatic carbocycles. The Kier molecular flexibility index (Phi) is 3.75. The lowest BCUT2D eigenvalue weighted by Gasteiger charge is -2.57. The molecule has 1 heterocycles. The number of ether oxygens (including phenoxy) is 2. The summed E-state index contributed by atoms with van der Waals surface area (Å²) in [6.45, 7) is 6.63. The smallest absolute Gasteiger partial charge is 0.312 e. The molecule has 1 aliphatic heterocycles. The van der Waals surface area contributed by atoms with Crippen molar-refractivity contribution in [3.05, 3.63) is 0 Å². The van der Waals surface area contributed by atoms with E-state index < -0.39 is 11.5 Å². The highest BCUT2D eigenvalue weighted by Crippen LogP contribution is 2.63. The Morgan fingerprint density at radius 1 is 1.36 bits per heavy atom. The molecule has 0 bridgehead atoms. The normalized spacial score (nSPS) is 43.0. The number of carbonyl (C=O) groups excluding carboxylic acids is 2. The molecule has 4 unspecified atom stereocenters. The first kappa shape index (κ1) is 15.8. The van der Waals surface area contributed by atoms with Crippen molar-refractivity contribution < 1.29 is 24.2 Å². The van der Waals surface area contributed by atoms with Crippen molar-refractivity contribution in [3.8, 4) is 0 Å². The molecule has 1 N–H and O–H groups in total. The number of hydrogen-bond acceptors (Lipinski definition) is 5. The van der Waals surface area contributed by atoms with Gasteiger partial charge in [-0.25, -0.2) is 0 Å². The molecule has 5 atom stereocenters. The molecule has 0 aromatic heterocycles. The Bertz CT molecular complexity index is 485. The first-order valence-corrected chi connectivity index (χ1v) is 8.35. The van der Waals surface area contributed by atoms with E-state index >= 15 is 0 Å². The van der Waals surface area contributed by atoms with Gasteiger partial charge in [-0.1, -0.05) is 13.8 Å². The average molecular weight is 310 g/mol. The first-order chi connectivity index (χ1) is 10.3. The Labute approximate surface area is 131 Å². The summed E-state index contributed by atoms with van der Waals surface area (Å²) in [6.07, 6.45) is 2.12.